The van der Waals surface area contributed by atoms with Crippen molar-refractivity contribution in [2.24, 2.45) is 0 Å². The Hall–Kier alpha value is -3.54. The summed E-state index contributed by atoms with van der Waals surface area (Å²) in [4.78, 5) is 15.2. The summed E-state index contributed by atoms with van der Waals surface area (Å²) in [6, 6.07) is 18.8. The van der Waals surface area contributed by atoms with E-state index in [9.17, 15) is 18.0 Å². The second kappa shape index (κ2) is 9.98. The second-order valence-electron chi connectivity index (χ2n) is 9.25. The van der Waals surface area contributed by atoms with Crippen LogP contribution in [-0.4, -0.2) is 17.0 Å². The fourth-order valence-corrected chi connectivity index (χ4v) is 5.22. The molecule has 0 unspecified atom stereocenters. The molecule has 1 fully saturated rings. The van der Waals surface area contributed by atoms with Crippen molar-refractivity contribution in [3.8, 4) is 0 Å². The lowest BCUT2D eigenvalue weighted by atomic mass is 9.96. The Balaban J connectivity index is 1.55. The first-order valence-corrected chi connectivity index (χ1v) is 12.1. The minimum Gasteiger partial charge on any atom is -0.317 e. The summed E-state index contributed by atoms with van der Waals surface area (Å²) in [5, 5.41) is 6.73. The van der Waals surface area contributed by atoms with Gasteiger partial charge in [-0.3, -0.25) is 0 Å². The lowest BCUT2D eigenvalue weighted by molar-refractivity contribution is 0.175. The number of carbonyl (C=O) groups is 1. The van der Waals surface area contributed by atoms with Crippen molar-refractivity contribution in [1.29, 1.82) is 0 Å². The van der Waals surface area contributed by atoms with Gasteiger partial charge in [0, 0.05) is 24.7 Å². The lowest BCUT2D eigenvalue weighted by Gasteiger charge is -2.32. The summed E-state index contributed by atoms with van der Waals surface area (Å²) in [5.74, 6) is -3.29. The van der Waals surface area contributed by atoms with Crippen molar-refractivity contribution in [2.45, 2.75) is 51.1 Å². The number of rotatable bonds is 4. The van der Waals surface area contributed by atoms with Gasteiger partial charge in [-0.1, -0.05) is 74.2 Å². The van der Waals surface area contributed by atoms with Gasteiger partial charge < -0.3 is 10.2 Å². The van der Waals surface area contributed by atoms with Crippen molar-refractivity contribution in [1.82, 2.24) is 4.90 Å². The first kappa shape index (κ1) is 23.2. The smallest absolute Gasteiger partial charge is 0.317 e. The van der Waals surface area contributed by atoms with Crippen LogP contribution in [0, 0.1) is 17.5 Å². The maximum absolute atomic E-state index is 14.3. The van der Waals surface area contributed by atoms with Crippen molar-refractivity contribution >= 4 is 33.3 Å². The van der Waals surface area contributed by atoms with Crippen LogP contribution in [-0.2, 0) is 6.54 Å². The van der Waals surface area contributed by atoms with Crippen LogP contribution in [0.1, 0.15) is 44.1 Å². The molecule has 0 spiro atoms. The molecule has 0 atom stereocenters. The Bertz CT molecular complexity index is 1360. The van der Waals surface area contributed by atoms with E-state index in [1.54, 1.807) is 4.90 Å². The molecule has 1 aliphatic carbocycles. The average molecular weight is 477 g/mol. The third kappa shape index (κ3) is 4.83. The molecule has 6 heteroatoms. The number of urea groups is 1. The van der Waals surface area contributed by atoms with Gasteiger partial charge in [-0.2, -0.15) is 0 Å². The lowest BCUT2D eigenvalue weighted by Crippen LogP contribution is -2.42. The van der Waals surface area contributed by atoms with E-state index >= 15 is 0 Å². The maximum atomic E-state index is 14.3. The molecule has 180 valence electrons. The summed E-state index contributed by atoms with van der Waals surface area (Å²) in [5.41, 5.74) is 0.345. The molecule has 0 aromatic heterocycles. The summed E-state index contributed by atoms with van der Waals surface area (Å²) in [6.45, 7) is 0.298. The van der Waals surface area contributed by atoms with Crippen LogP contribution >= 0.6 is 0 Å². The third-order valence-corrected chi connectivity index (χ3v) is 6.96. The quantitative estimate of drug-likeness (QED) is 0.234. The predicted octanol–water partition coefficient (Wildman–Crippen LogP) is 8.17. The molecule has 0 heterocycles. The van der Waals surface area contributed by atoms with Crippen LogP contribution < -0.4 is 5.32 Å². The van der Waals surface area contributed by atoms with Crippen molar-refractivity contribution in [3.63, 3.8) is 0 Å². The number of nitrogens with zero attached hydrogens (tertiary/aromatic N) is 1. The molecular weight excluding hydrogens is 449 g/mol. The largest absolute Gasteiger partial charge is 0.322 e. The first-order valence-electron chi connectivity index (χ1n) is 12.1. The Morgan fingerprint density at radius 3 is 2.09 bits per heavy atom. The first-order chi connectivity index (χ1) is 17.0. The van der Waals surface area contributed by atoms with Crippen LogP contribution in [0.25, 0.3) is 21.5 Å². The molecule has 0 bridgehead atoms. The topological polar surface area (TPSA) is 32.3 Å². The number of hydrogen-bond donors (Lipinski definition) is 1. The molecule has 4 aromatic carbocycles. The van der Waals surface area contributed by atoms with Gasteiger partial charge in [0.1, 0.15) is 11.5 Å². The van der Waals surface area contributed by atoms with Gasteiger partial charge in [0.2, 0.25) is 0 Å². The van der Waals surface area contributed by atoms with E-state index in [1.165, 1.54) is 0 Å². The van der Waals surface area contributed by atoms with Crippen LogP contribution in [0.5, 0.6) is 0 Å². The predicted molar refractivity (Wildman–Crippen MR) is 134 cm³/mol. The molecule has 1 saturated carbocycles. The van der Waals surface area contributed by atoms with Crippen LogP contribution in [0.15, 0.2) is 66.7 Å². The van der Waals surface area contributed by atoms with E-state index in [2.05, 4.69) is 23.5 Å². The number of halogens is 3. The van der Waals surface area contributed by atoms with Crippen LogP contribution in [0.3, 0.4) is 0 Å². The Morgan fingerprint density at radius 1 is 0.800 bits per heavy atom. The molecule has 35 heavy (non-hydrogen) atoms. The molecule has 0 radical (unpaired) electrons. The normalized spacial score (nSPS) is 14.7. The zero-order chi connectivity index (χ0) is 24.4. The molecule has 5 rings (SSSR count). The number of anilines is 1. The van der Waals surface area contributed by atoms with Gasteiger partial charge in [-0.05, 0) is 46.0 Å². The van der Waals surface area contributed by atoms with Gasteiger partial charge in [0.05, 0.1) is 0 Å². The van der Waals surface area contributed by atoms with Gasteiger partial charge >= 0.3 is 6.03 Å². The van der Waals surface area contributed by atoms with Gasteiger partial charge in [0.25, 0.3) is 0 Å². The molecule has 1 aliphatic rings. The number of amides is 2. The monoisotopic (exact) mass is 476 g/mol. The minimum atomic E-state index is -1.13. The van der Waals surface area contributed by atoms with Gasteiger partial charge in [-0.25, -0.2) is 18.0 Å². The van der Waals surface area contributed by atoms with E-state index in [0.717, 1.165) is 65.6 Å². The number of carbonyl (C=O) groups excluding carboxylic acids is 1. The fourth-order valence-electron chi connectivity index (χ4n) is 5.22. The summed E-state index contributed by atoms with van der Waals surface area (Å²) in [6.07, 6.45) is 5.84. The molecule has 1 N–H and O–H groups in total. The SMILES string of the molecule is O=C(Nc1c(F)cc(F)cc1F)N(Cc1cc2ccccc2c2ccccc12)C1CCCCCC1. The molecule has 0 aliphatic heterocycles. The van der Waals surface area contributed by atoms with Gasteiger partial charge in [0.15, 0.2) is 11.6 Å². The summed E-state index contributed by atoms with van der Waals surface area (Å²) >= 11 is 0. The highest BCUT2D eigenvalue weighted by atomic mass is 19.1. The average Bonchev–Trinajstić information content (AvgIpc) is 3.14. The highest BCUT2D eigenvalue weighted by Gasteiger charge is 2.27. The number of benzene rings is 4. The van der Waals surface area contributed by atoms with Crippen molar-refractivity contribution in [2.75, 3.05) is 5.32 Å². The van der Waals surface area contributed by atoms with Gasteiger partial charge in [-0.15, -0.1) is 0 Å². The van der Waals surface area contributed by atoms with E-state index < -0.39 is 29.2 Å². The number of nitrogens with one attached hydrogen (secondary N) is 1. The highest BCUT2D eigenvalue weighted by Crippen LogP contribution is 2.32. The van der Waals surface area contributed by atoms with E-state index in [-0.39, 0.29) is 6.04 Å². The number of fused-ring (bicyclic) bond motifs is 3. The molecule has 3 nitrogen and oxygen atoms in total. The zero-order valence-corrected chi connectivity index (χ0v) is 19.4. The molecular formula is C29H27F3N2O. The Morgan fingerprint density at radius 2 is 1.40 bits per heavy atom. The molecule has 0 saturated heterocycles. The fraction of sp³-hybridized carbons (Fsp3) is 0.276. The van der Waals surface area contributed by atoms with Crippen LogP contribution in [0.2, 0.25) is 0 Å². The van der Waals surface area contributed by atoms with Crippen molar-refractivity contribution in [3.05, 3.63) is 89.7 Å². The Labute approximate surface area is 202 Å². The Kier molecular flexibility index (Phi) is 6.62. The van der Waals surface area contributed by atoms with E-state index in [0.29, 0.717) is 18.7 Å². The minimum absolute atomic E-state index is 0.0608. The standard InChI is InChI=1S/C29H27F3N2O/c30-21-16-26(31)28(27(32)17-21)33-29(35)34(22-10-3-1-2-4-11-22)18-20-15-19-9-5-6-12-23(19)25-14-8-7-13-24(20)25/h5-9,12-17,22H,1-4,10-11,18H2,(H,33,35). The summed E-state index contributed by atoms with van der Waals surface area (Å²) in [7, 11) is 0. The zero-order valence-electron chi connectivity index (χ0n) is 19.4. The molecule has 2 amide bonds. The maximum Gasteiger partial charge on any atom is 0.322 e. The highest BCUT2D eigenvalue weighted by molar-refractivity contribution is 6.09. The van der Waals surface area contributed by atoms with E-state index in [1.807, 2.05) is 36.4 Å². The van der Waals surface area contributed by atoms with Crippen molar-refractivity contribution < 1.29 is 18.0 Å². The molecule has 4 aromatic rings. The van der Waals surface area contributed by atoms with Crippen LogP contribution in [0.4, 0.5) is 23.7 Å². The third-order valence-electron chi connectivity index (χ3n) is 6.96. The summed E-state index contributed by atoms with van der Waals surface area (Å²) < 4.78 is 42.1. The van der Waals surface area contributed by atoms with E-state index in [4.69, 9.17) is 0 Å². The number of hydrogen-bond acceptors (Lipinski definition) is 1. The second-order valence-corrected chi connectivity index (χ2v) is 9.25.